The molecule has 0 fully saturated rings. The number of thiazole rings is 1. The molecule has 0 N–H and O–H groups in total. The van der Waals surface area contributed by atoms with Gasteiger partial charge in [-0.1, -0.05) is 11.3 Å². The zero-order valence-corrected chi connectivity index (χ0v) is 17.0. The number of carbonyl (C=O) groups excluding carboxylic acids is 1. The van der Waals surface area contributed by atoms with Gasteiger partial charge in [-0.2, -0.15) is 21.9 Å². The Labute approximate surface area is 160 Å². The molecule has 1 aromatic carbocycles. The van der Waals surface area contributed by atoms with Gasteiger partial charge in [-0.3, -0.25) is 9.48 Å². The highest BCUT2D eigenvalue weighted by Crippen LogP contribution is 2.23. The second-order valence-corrected chi connectivity index (χ2v) is 7.76. The number of thioether (sulfide) groups is 1. The van der Waals surface area contributed by atoms with Gasteiger partial charge in [0.25, 0.3) is 5.91 Å². The number of nitrogens with zero attached hydrogens (tertiary/aromatic N) is 4. The lowest BCUT2D eigenvalue weighted by Crippen LogP contribution is -2.18. The number of carbonyl (C=O) groups is 1. The normalized spacial score (nSPS) is 12.1. The Morgan fingerprint density at radius 3 is 2.85 bits per heavy atom. The largest absolute Gasteiger partial charge is 0.497 e. The first-order chi connectivity index (χ1) is 12.6. The van der Waals surface area contributed by atoms with Crippen molar-refractivity contribution < 1.29 is 9.53 Å². The summed E-state index contributed by atoms with van der Waals surface area (Å²) in [6.45, 7) is 5.47. The van der Waals surface area contributed by atoms with Gasteiger partial charge in [0.2, 0.25) is 0 Å². The molecule has 2 aromatic heterocycles. The van der Waals surface area contributed by atoms with E-state index in [2.05, 4.69) is 20.9 Å². The molecule has 0 bridgehead atoms. The summed E-state index contributed by atoms with van der Waals surface area (Å²) < 4.78 is 10.3. The van der Waals surface area contributed by atoms with Gasteiger partial charge in [0.1, 0.15) is 5.75 Å². The van der Waals surface area contributed by atoms with Crippen LogP contribution in [0.4, 0.5) is 0 Å². The molecule has 2 heterocycles. The van der Waals surface area contributed by atoms with E-state index < -0.39 is 0 Å². The van der Waals surface area contributed by atoms with E-state index in [0.29, 0.717) is 10.5 Å². The van der Waals surface area contributed by atoms with Gasteiger partial charge in [0.15, 0.2) is 10.5 Å². The van der Waals surface area contributed by atoms with Crippen LogP contribution in [0, 0.1) is 6.92 Å². The van der Waals surface area contributed by atoms with E-state index in [9.17, 15) is 4.79 Å². The molecular formula is C18H22N4O2S2. The fourth-order valence-electron chi connectivity index (χ4n) is 2.74. The zero-order valence-electron chi connectivity index (χ0n) is 15.4. The van der Waals surface area contributed by atoms with E-state index >= 15 is 0 Å². The summed E-state index contributed by atoms with van der Waals surface area (Å²) in [7, 11) is 1.65. The van der Waals surface area contributed by atoms with Crippen LogP contribution in [0.2, 0.25) is 0 Å². The minimum absolute atomic E-state index is 0.309. The Balaban J connectivity index is 2.08. The molecule has 8 heteroatoms. The van der Waals surface area contributed by atoms with Gasteiger partial charge in [-0.05, 0) is 44.4 Å². The number of aromatic nitrogens is 3. The minimum Gasteiger partial charge on any atom is -0.497 e. The molecule has 0 aliphatic heterocycles. The third kappa shape index (κ3) is 3.71. The van der Waals surface area contributed by atoms with E-state index in [0.717, 1.165) is 40.5 Å². The van der Waals surface area contributed by atoms with Crippen molar-refractivity contribution in [2.45, 2.75) is 26.9 Å². The van der Waals surface area contributed by atoms with Crippen LogP contribution in [-0.2, 0) is 13.1 Å². The lowest BCUT2D eigenvalue weighted by molar-refractivity contribution is 0.0992. The number of fused-ring (bicyclic) bond motifs is 1. The standard InChI is InChI=1S/C18H22N4O2S2/c1-5-22-12(2)10-14(20-22)17(23)19-18-21(8-9-25-4)15-7-6-13(24-3)11-16(15)26-18/h6-7,10-11H,5,8-9H2,1-4H3. The second-order valence-electron chi connectivity index (χ2n) is 5.77. The van der Waals surface area contributed by atoms with E-state index in [1.54, 1.807) is 29.6 Å². The number of methoxy groups -OCH3 is 1. The van der Waals surface area contributed by atoms with E-state index in [1.807, 2.05) is 32.0 Å². The highest BCUT2D eigenvalue weighted by atomic mass is 32.2. The molecule has 0 saturated heterocycles. The molecule has 1 amide bonds. The number of rotatable bonds is 6. The number of hydrogen-bond acceptors (Lipinski definition) is 5. The molecule has 0 unspecified atom stereocenters. The predicted octanol–water partition coefficient (Wildman–Crippen LogP) is 3.34. The monoisotopic (exact) mass is 390 g/mol. The maximum absolute atomic E-state index is 12.6. The number of aryl methyl sites for hydroxylation is 3. The van der Waals surface area contributed by atoms with Gasteiger partial charge in [0.05, 0.1) is 17.3 Å². The highest BCUT2D eigenvalue weighted by molar-refractivity contribution is 7.98. The predicted molar refractivity (Wildman–Crippen MR) is 107 cm³/mol. The molecule has 0 aliphatic carbocycles. The molecular weight excluding hydrogens is 368 g/mol. The van der Waals surface area contributed by atoms with Gasteiger partial charge in [-0.15, -0.1) is 0 Å². The summed E-state index contributed by atoms with van der Waals surface area (Å²) in [6, 6.07) is 7.72. The lowest BCUT2D eigenvalue weighted by Gasteiger charge is -2.04. The van der Waals surface area contributed by atoms with Crippen LogP contribution in [-0.4, -0.2) is 39.4 Å². The first-order valence-corrected chi connectivity index (χ1v) is 10.6. The third-order valence-electron chi connectivity index (χ3n) is 4.11. The van der Waals surface area contributed by atoms with E-state index in [-0.39, 0.29) is 5.91 Å². The minimum atomic E-state index is -0.309. The Kier molecular flexibility index (Phi) is 5.83. The topological polar surface area (TPSA) is 61.4 Å². The average Bonchev–Trinajstić information content (AvgIpc) is 3.19. The smallest absolute Gasteiger partial charge is 0.300 e. The van der Waals surface area contributed by atoms with Crippen LogP contribution in [0.3, 0.4) is 0 Å². The fraction of sp³-hybridized carbons (Fsp3) is 0.389. The molecule has 6 nitrogen and oxygen atoms in total. The van der Waals surface area contributed by atoms with Crippen LogP contribution in [0.15, 0.2) is 29.3 Å². The molecule has 0 saturated carbocycles. The van der Waals surface area contributed by atoms with Crippen LogP contribution in [0.1, 0.15) is 23.1 Å². The second kappa shape index (κ2) is 8.09. The third-order valence-corrected chi connectivity index (χ3v) is 5.74. The van der Waals surface area contributed by atoms with Crippen LogP contribution < -0.4 is 9.54 Å². The van der Waals surface area contributed by atoms with Crippen LogP contribution >= 0.6 is 23.1 Å². The average molecular weight is 391 g/mol. The van der Waals surface area contributed by atoms with Gasteiger partial charge < -0.3 is 9.30 Å². The molecule has 3 aromatic rings. The number of amides is 1. The molecule has 3 rings (SSSR count). The molecule has 0 aliphatic rings. The molecule has 0 radical (unpaired) electrons. The van der Waals surface area contributed by atoms with Crippen molar-refractivity contribution in [3.63, 3.8) is 0 Å². The first kappa shape index (κ1) is 18.7. The number of benzene rings is 1. The van der Waals surface area contributed by atoms with Crippen LogP contribution in [0.25, 0.3) is 10.2 Å². The highest BCUT2D eigenvalue weighted by Gasteiger charge is 2.13. The molecule has 26 heavy (non-hydrogen) atoms. The Bertz CT molecular complexity index is 1000. The summed E-state index contributed by atoms with van der Waals surface area (Å²) in [6.07, 6.45) is 2.07. The van der Waals surface area contributed by atoms with Crippen molar-refractivity contribution in [2.75, 3.05) is 19.1 Å². The number of hydrogen-bond donors (Lipinski definition) is 0. The first-order valence-electron chi connectivity index (χ1n) is 8.37. The van der Waals surface area contributed by atoms with Gasteiger partial charge in [0, 0.05) is 24.5 Å². The van der Waals surface area contributed by atoms with E-state index in [4.69, 9.17) is 4.74 Å². The van der Waals surface area contributed by atoms with Gasteiger partial charge in [-0.25, -0.2) is 0 Å². The lowest BCUT2D eigenvalue weighted by atomic mass is 10.3. The van der Waals surface area contributed by atoms with E-state index in [1.165, 1.54) is 11.3 Å². The van der Waals surface area contributed by atoms with Crippen molar-refractivity contribution in [3.8, 4) is 5.75 Å². The zero-order chi connectivity index (χ0) is 18.7. The Morgan fingerprint density at radius 1 is 1.38 bits per heavy atom. The van der Waals surface area contributed by atoms with Gasteiger partial charge >= 0.3 is 0 Å². The van der Waals surface area contributed by atoms with Crippen molar-refractivity contribution in [1.29, 1.82) is 0 Å². The quantitative estimate of drug-likeness (QED) is 0.648. The maximum atomic E-state index is 12.6. The summed E-state index contributed by atoms with van der Waals surface area (Å²) in [5.41, 5.74) is 2.41. The SMILES string of the molecule is CCn1nc(C(=O)N=c2sc3cc(OC)ccc3n2CCSC)cc1C. The molecule has 0 spiro atoms. The summed E-state index contributed by atoms with van der Waals surface area (Å²) >= 11 is 3.26. The van der Waals surface area contributed by atoms with Crippen molar-refractivity contribution in [2.24, 2.45) is 4.99 Å². The fourth-order valence-corrected chi connectivity index (χ4v) is 4.19. The van der Waals surface area contributed by atoms with Crippen molar-refractivity contribution in [3.05, 3.63) is 40.5 Å². The van der Waals surface area contributed by atoms with Crippen LogP contribution in [0.5, 0.6) is 5.75 Å². The maximum Gasteiger partial charge on any atom is 0.300 e. The Morgan fingerprint density at radius 2 is 2.19 bits per heavy atom. The summed E-state index contributed by atoms with van der Waals surface area (Å²) in [4.78, 5) is 17.7. The Hall–Kier alpha value is -2.06. The summed E-state index contributed by atoms with van der Waals surface area (Å²) in [5.74, 6) is 1.44. The van der Waals surface area contributed by atoms with Crippen molar-refractivity contribution >= 4 is 39.2 Å². The van der Waals surface area contributed by atoms with Crippen molar-refractivity contribution in [1.82, 2.24) is 14.3 Å². The number of ether oxygens (including phenoxy) is 1. The molecule has 138 valence electrons. The summed E-state index contributed by atoms with van der Waals surface area (Å²) in [5, 5.41) is 4.34. The molecule has 0 atom stereocenters.